The first kappa shape index (κ1) is 24.3. The Morgan fingerprint density at radius 1 is 1.06 bits per heavy atom. The molecular weight excluding hydrogens is 462 g/mol. The molecule has 2 aromatic heterocycles. The van der Waals surface area contributed by atoms with Gasteiger partial charge in [0.15, 0.2) is 0 Å². The smallest absolute Gasteiger partial charge is 0.245 e. The molecule has 0 amide bonds. The van der Waals surface area contributed by atoms with Crippen LogP contribution in [0.15, 0.2) is 72.3 Å². The Balaban J connectivity index is 1.67. The van der Waals surface area contributed by atoms with Crippen LogP contribution < -0.4 is 4.90 Å². The number of fused-ring (bicyclic) bond motifs is 1. The minimum absolute atomic E-state index is 0.184. The molecule has 0 bridgehead atoms. The zero-order chi connectivity index (χ0) is 24.8. The van der Waals surface area contributed by atoms with Gasteiger partial charge in [-0.1, -0.05) is 43.3 Å². The normalized spacial score (nSPS) is 11.6. The summed E-state index contributed by atoms with van der Waals surface area (Å²) in [7, 11) is -1.90. The van der Waals surface area contributed by atoms with Gasteiger partial charge in [0.1, 0.15) is 23.4 Å². The predicted molar refractivity (Wildman–Crippen MR) is 134 cm³/mol. The van der Waals surface area contributed by atoms with E-state index < -0.39 is 10.0 Å². The number of aromatic nitrogens is 4. The topological polar surface area (TPSA) is 108 Å². The van der Waals surface area contributed by atoms with Gasteiger partial charge in [-0.25, -0.2) is 18.4 Å². The Bertz CT molecular complexity index is 1430. The maximum Gasteiger partial charge on any atom is 0.245 e. The second kappa shape index (κ2) is 10.6. The molecule has 0 N–H and O–H groups in total. The van der Waals surface area contributed by atoms with Crippen molar-refractivity contribution in [3.05, 3.63) is 78.5 Å². The highest BCUT2D eigenvalue weighted by Gasteiger charge is 2.27. The van der Waals surface area contributed by atoms with Gasteiger partial charge in [0, 0.05) is 43.7 Å². The molecule has 0 aliphatic rings. The second-order valence-corrected chi connectivity index (χ2v) is 10.1. The molecule has 0 atom stereocenters. The highest BCUT2D eigenvalue weighted by molar-refractivity contribution is 7.89. The Labute approximate surface area is 205 Å². The SMILES string of the molecule is CCCN(Cc1ccc(C#N)cc1)S(=O)(=O)c1cnc(N(C)CCn2cncn2)c2ccccc12. The molecule has 0 radical (unpaired) electrons. The van der Waals surface area contributed by atoms with Gasteiger partial charge in [0.2, 0.25) is 10.0 Å². The summed E-state index contributed by atoms with van der Waals surface area (Å²) in [5.41, 5.74) is 1.36. The number of benzene rings is 2. The van der Waals surface area contributed by atoms with Gasteiger partial charge in [0.05, 0.1) is 18.2 Å². The summed E-state index contributed by atoms with van der Waals surface area (Å²) in [5, 5.41) is 14.6. The van der Waals surface area contributed by atoms with E-state index in [1.807, 2.05) is 43.1 Å². The summed E-state index contributed by atoms with van der Waals surface area (Å²) >= 11 is 0. The van der Waals surface area contributed by atoms with Gasteiger partial charge in [-0.15, -0.1) is 0 Å². The summed E-state index contributed by atoms with van der Waals surface area (Å²) in [6.07, 6.45) is 5.28. The summed E-state index contributed by atoms with van der Waals surface area (Å²) in [5.74, 6) is 0.703. The molecular formula is C25H27N7O2S. The third-order valence-electron chi connectivity index (χ3n) is 5.76. The van der Waals surface area contributed by atoms with Crippen molar-refractivity contribution in [1.29, 1.82) is 5.26 Å². The van der Waals surface area contributed by atoms with Gasteiger partial charge in [-0.05, 0) is 24.1 Å². The zero-order valence-electron chi connectivity index (χ0n) is 19.7. The first-order valence-electron chi connectivity index (χ1n) is 11.3. The van der Waals surface area contributed by atoms with Crippen molar-refractivity contribution in [1.82, 2.24) is 24.1 Å². The molecule has 4 rings (SSSR count). The number of likely N-dealkylation sites (N-methyl/N-ethyl adjacent to an activating group) is 1. The monoisotopic (exact) mass is 489 g/mol. The van der Waals surface area contributed by atoms with E-state index in [9.17, 15) is 8.42 Å². The minimum atomic E-state index is -3.83. The van der Waals surface area contributed by atoms with E-state index in [2.05, 4.69) is 21.1 Å². The number of sulfonamides is 1. The van der Waals surface area contributed by atoms with Crippen molar-refractivity contribution in [2.45, 2.75) is 31.3 Å². The number of rotatable bonds is 10. The van der Waals surface area contributed by atoms with Crippen LogP contribution in [0.5, 0.6) is 0 Å². The Morgan fingerprint density at radius 2 is 1.80 bits per heavy atom. The highest BCUT2D eigenvalue weighted by atomic mass is 32.2. The molecule has 10 heteroatoms. The van der Waals surface area contributed by atoms with Crippen LogP contribution in [0.2, 0.25) is 0 Å². The van der Waals surface area contributed by atoms with Gasteiger partial charge in [0.25, 0.3) is 0 Å². The van der Waals surface area contributed by atoms with E-state index in [0.29, 0.717) is 42.8 Å². The molecule has 0 unspecified atom stereocenters. The van der Waals surface area contributed by atoms with Crippen LogP contribution in [0.25, 0.3) is 10.8 Å². The molecule has 4 aromatic rings. The van der Waals surface area contributed by atoms with E-state index in [0.717, 1.165) is 10.9 Å². The van der Waals surface area contributed by atoms with Crippen molar-refractivity contribution >= 4 is 26.6 Å². The van der Waals surface area contributed by atoms with Crippen molar-refractivity contribution in [3.8, 4) is 6.07 Å². The van der Waals surface area contributed by atoms with Crippen LogP contribution >= 0.6 is 0 Å². The molecule has 0 saturated carbocycles. The number of nitriles is 1. The van der Waals surface area contributed by atoms with Gasteiger partial charge in [-0.3, -0.25) is 4.68 Å². The van der Waals surface area contributed by atoms with E-state index in [1.165, 1.54) is 16.8 Å². The van der Waals surface area contributed by atoms with Crippen LogP contribution in [0, 0.1) is 11.3 Å². The first-order valence-corrected chi connectivity index (χ1v) is 12.8. The summed E-state index contributed by atoms with van der Waals surface area (Å²) < 4.78 is 30.9. The average molecular weight is 490 g/mol. The highest BCUT2D eigenvalue weighted by Crippen LogP contribution is 2.31. The fraction of sp³-hybridized carbons (Fsp3) is 0.280. The molecule has 180 valence electrons. The van der Waals surface area contributed by atoms with Gasteiger partial charge < -0.3 is 4.90 Å². The summed E-state index contributed by atoms with van der Waals surface area (Å²) in [4.78, 5) is 10.7. The zero-order valence-corrected chi connectivity index (χ0v) is 20.6. The van der Waals surface area contributed by atoms with Gasteiger partial charge >= 0.3 is 0 Å². The predicted octanol–water partition coefficient (Wildman–Crippen LogP) is 3.44. The average Bonchev–Trinajstić information content (AvgIpc) is 3.40. The minimum Gasteiger partial charge on any atom is -0.357 e. The first-order chi connectivity index (χ1) is 16.9. The third kappa shape index (κ3) is 5.31. The van der Waals surface area contributed by atoms with E-state index in [1.54, 1.807) is 35.3 Å². The molecule has 0 fully saturated rings. The molecule has 9 nitrogen and oxygen atoms in total. The Hall–Kier alpha value is -3.81. The van der Waals surface area contributed by atoms with Crippen LogP contribution in [-0.2, 0) is 23.1 Å². The lowest BCUT2D eigenvalue weighted by atomic mass is 10.1. The molecule has 0 spiro atoms. The van der Waals surface area contributed by atoms with Gasteiger partial charge in [-0.2, -0.15) is 14.7 Å². The fourth-order valence-electron chi connectivity index (χ4n) is 3.93. The van der Waals surface area contributed by atoms with Crippen molar-refractivity contribution in [3.63, 3.8) is 0 Å². The maximum atomic E-state index is 13.8. The van der Waals surface area contributed by atoms with E-state index in [-0.39, 0.29) is 11.4 Å². The number of anilines is 1. The molecule has 35 heavy (non-hydrogen) atoms. The quantitative estimate of drug-likeness (QED) is 0.336. The molecule has 0 aliphatic heterocycles. The maximum absolute atomic E-state index is 13.8. The number of hydrogen-bond donors (Lipinski definition) is 0. The molecule has 2 heterocycles. The lowest BCUT2D eigenvalue weighted by molar-refractivity contribution is 0.406. The Kier molecular flexibility index (Phi) is 7.39. The van der Waals surface area contributed by atoms with Crippen molar-refractivity contribution in [2.75, 3.05) is 25.0 Å². The second-order valence-electron chi connectivity index (χ2n) is 8.22. The van der Waals surface area contributed by atoms with E-state index in [4.69, 9.17) is 5.26 Å². The number of hydrogen-bond acceptors (Lipinski definition) is 7. The molecule has 2 aromatic carbocycles. The summed E-state index contributed by atoms with van der Waals surface area (Å²) in [6, 6.07) is 16.5. The van der Waals surface area contributed by atoms with Crippen LogP contribution in [0.4, 0.5) is 5.82 Å². The van der Waals surface area contributed by atoms with Crippen LogP contribution in [0.3, 0.4) is 0 Å². The lowest BCUT2D eigenvalue weighted by Gasteiger charge is -2.24. The summed E-state index contributed by atoms with van der Waals surface area (Å²) in [6.45, 7) is 3.80. The Morgan fingerprint density at radius 3 is 2.46 bits per heavy atom. The van der Waals surface area contributed by atoms with Crippen molar-refractivity contribution < 1.29 is 8.42 Å². The van der Waals surface area contributed by atoms with Crippen molar-refractivity contribution in [2.24, 2.45) is 0 Å². The lowest BCUT2D eigenvalue weighted by Crippen LogP contribution is -2.32. The number of nitrogens with zero attached hydrogens (tertiary/aromatic N) is 7. The van der Waals surface area contributed by atoms with Crippen LogP contribution in [0.1, 0.15) is 24.5 Å². The van der Waals surface area contributed by atoms with E-state index >= 15 is 0 Å². The molecule has 0 saturated heterocycles. The van der Waals surface area contributed by atoms with Crippen LogP contribution in [-0.4, -0.2) is 52.6 Å². The number of pyridine rings is 1. The molecule has 0 aliphatic carbocycles. The fourth-order valence-corrected chi connectivity index (χ4v) is 5.59. The largest absolute Gasteiger partial charge is 0.357 e. The third-order valence-corrected chi connectivity index (χ3v) is 7.64. The standard InChI is InChI=1S/C25H27N7O2S/c1-3-12-32(17-21-10-8-20(15-26)9-11-21)35(33,34)24-16-28-25(23-7-5-4-6-22(23)24)30(2)13-14-31-19-27-18-29-31/h4-11,16,18-19H,3,12-14,17H2,1-2H3.